The Hall–Kier alpha value is -1.58. The highest BCUT2D eigenvalue weighted by atomic mass is 16.5. The predicted molar refractivity (Wildman–Crippen MR) is 95.3 cm³/mol. The first-order valence-corrected chi connectivity index (χ1v) is 8.97. The number of unbranched alkanes of at least 4 members (excludes halogenated alkanes) is 1. The van der Waals surface area contributed by atoms with Crippen LogP contribution in [0, 0.1) is 11.3 Å². The normalized spacial score (nSPS) is 16.7. The number of amides is 1. The van der Waals surface area contributed by atoms with Crippen molar-refractivity contribution in [3.63, 3.8) is 0 Å². The molecule has 0 unspecified atom stereocenters. The van der Waals surface area contributed by atoms with Crippen molar-refractivity contribution in [2.75, 3.05) is 46.9 Å². The number of likely N-dealkylation sites (N-methyl/N-ethyl adjacent to an activating group) is 1. The second-order valence-electron chi connectivity index (χ2n) is 6.39. The maximum absolute atomic E-state index is 12.5. The molecule has 1 aliphatic rings. The highest BCUT2D eigenvalue weighted by Gasteiger charge is 2.25. The molecule has 0 atom stereocenters. The lowest BCUT2D eigenvalue weighted by atomic mass is 10.0. The Morgan fingerprint density at radius 1 is 1.38 bits per heavy atom. The number of hydrogen-bond donors (Lipinski definition) is 1. The average Bonchev–Trinajstić information content (AvgIpc) is 2.60. The Labute approximate surface area is 146 Å². The number of nitriles is 1. The molecule has 0 aromatic rings. The van der Waals surface area contributed by atoms with Crippen molar-refractivity contribution in [1.82, 2.24) is 15.1 Å². The van der Waals surface area contributed by atoms with Crippen LogP contribution in [0.2, 0.25) is 0 Å². The number of likely N-dealkylation sites (tertiary alicyclic amines) is 1. The van der Waals surface area contributed by atoms with Crippen molar-refractivity contribution < 1.29 is 9.53 Å². The van der Waals surface area contributed by atoms with E-state index in [1.54, 1.807) is 18.1 Å². The van der Waals surface area contributed by atoms with E-state index < -0.39 is 0 Å². The van der Waals surface area contributed by atoms with Gasteiger partial charge in [0.25, 0.3) is 5.91 Å². The van der Waals surface area contributed by atoms with Crippen LogP contribution in [-0.2, 0) is 9.53 Å². The molecule has 1 fully saturated rings. The molecule has 0 radical (unpaired) electrons. The third-order valence-corrected chi connectivity index (χ3v) is 4.41. The van der Waals surface area contributed by atoms with Crippen molar-refractivity contribution in [2.45, 2.75) is 45.1 Å². The van der Waals surface area contributed by atoms with Gasteiger partial charge in [-0.2, -0.15) is 5.26 Å². The molecule has 0 aromatic heterocycles. The van der Waals surface area contributed by atoms with Gasteiger partial charge in [-0.25, -0.2) is 0 Å². The molecule has 1 N–H and O–H groups in total. The summed E-state index contributed by atoms with van der Waals surface area (Å²) in [5.41, 5.74) is 0.170. The highest BCUT2D eigenvalue weighted by Crippen LogP contribution is 2.15. The molecule has 0 saturated carbocycles. The molecule has 1 rings (SSSR count). The predicted octanol–water partition coefficient (Wildman–Crippen LogP) is 1.74. The summed E-state index contributed by atoms with van der Waals surface area (Å²) in [7, 11) is 3.89. The summed E-state index contributed by atoms with van der Waals surface area (Å²) in [5, 5.41) is 12.3. The fourth-order valence-electron chi connectivity index (χ4n) is 2.68. The van der Waals surface area contributed by atoms with Gasteiger partial charge in [0.1, 0.15) is 11.6 Å². The van der Waals surface area contributed by atoms with Crippen LogP contribution in [-0.4, -0.2) is 68.7 Å². The number of rotatable bonds is 10. The highest BCUT2D eigenvalue weighted by molar-refractivity contribution is 5.97. The van der Waals surface area contributed by atoms with E-state index in [2.05, 4.69) is 24.2 Å². The summed E-state index contributed by atoms with van der Waals surface area (Å²) in [6, 6.07) is 2.23. The van der Waals surface area contributed by atoms with Gasteiger partial charge in [-0.1, -0.05) is 13.3 Å². The molecule has 6 heteroatoms. The van der Waals surface area contributed by atoms with Gasteiger partial charge in [0, 0.05) is 39.0 Å². The van der Waals surface area contributed by atoms with Gasteiger partial charge >= 0.3 is 0 Å². The van der Waals surface area contributed by atoms with Crippen LogP contribution in [0.1, 0.15) is 39.0 Å². The Morgan fingerprint density at radius 2 is 2.04 bits per heavy atom. The second-order valence-corrected chi connectivity index (χ2v) is 6.39. The number of ether oxygens (including phenoxy) is 1. The second kappa shape index (κ2) is 11.9. The van der Waals surface area contributed by atoms with Crippen LogP contribution in [0.15, 0.2) is 11.8 Å². The van der Waals surface area contributed by atoms with E-state index in [9.17, 15) is 10.1 Å². The number of nitrogens with zero attached hydrogens (tertiary/aromatic N) is 3. The molecule has 0 aliphatic carbocycles. The quantitative estimate of drug-likeness (QED) is 0.374. The lowest BCUT2D eigenvalue weighted by Gasteiger charge is -2.34. The minimum atomic E-state index is -0.196. The van der Waals surface area contributed by atoms with Crippen LogP contribution in [0.25, 0.3) is 0 Å². The Kier molecular flexibility index (Phi) is 10.1. The monoisotopic (exact) mass is 336 g/mol. The molecule has 0 spiro atoms. The van der Waals surface area contributed by atoms with Gasteiger partial charge in [-0.3, -0.25) is 4.79 Å². The van der Waals surface area contributed by atoms with Crippen LogP contribution >= 0.6 is 0 Å². The molecule has 1 heterocycles. The Balaban J connectivity index is 2.33. The van der Waals surface area contributed by atoms with E-state index in [1.165, 1.54) is 0 Å². The third-order valence-electron chi connectivity index (χ3n) is 4.41. The van der Waals surface area contributed by atoms with Crippen molar-refractivity contribution in [1.29, 1.82) is 5.26 Å². The number of nitrogens with one attached hydrogen (secondary N) is 1. The zero-order chi connectivity index (χ0) is 17.8. The number of carbonyl (C=O) groups is 1. The molecule has 136 valence electrons. The minimum absolute atomic E-state index is 0.170. The first kappa shape index (κ1) is 20.5. The Bertz CT molecular complexity index is 437. The number of hydrogen-bond acceptors (Lipinski definition) is 5. The molecule has 24 heavy (non-hydrogen) atoms. The van der Waals surface area contributed by atoms with Crippen molar-refractivity contribution in [3.8, 4) is 6.07 Å². The number of carbonyl (C=O) groups excluding carboxylic acids is 1. The van der Waals surface area contributed by atoms with Gasteiger partial charge in [0.15, 0.2) is 0 Å². The summed E-state index contributed by atoms with van der Waals surface area (Å²) < 4.78 is 5.48. The molecular weight excluding hydrogens is 304 g/mol. The van der Waals surface area contributed by atoms with E-state index in [0.717, 1.165) is 51.8 Å². The van der Waals surface area contributed by atoms with Crippen molar-refractivity contribution >= 4 is 5.91 Å². The van der Waals surface area contributed by atoms with E-state index in [1.807, 2.05) is 6.07 Å². The van der Waals surface area contributed by atoms with Crippen LogP contribution in [0.5, 0.6) is 0 Å². The molecule has 1 saturated heterocycles. The molecular formula is C18H32N4O2. The van der Waals surface area contributed by atoms with Crippen LogP contribution in [0.3, 0.4) is 0 Å². The largest absolute Gasteiger partial charge is 0.390 e. The smallest absolute Gasteiger partial charge is 0.265 e. The topological polar surface area (TPSA) is 68.6 Å². The first-order chi connectivity index (χ1) is 11.6. The average molecular weight is 336 g/mol. The SMILES string of the molecule is CCCCOCCCN/C=C(/C#N)C(=O)N(C)C1CCN(C)CC1. The maximum Gasteiger partial charge on any atom is 0.265 e. The standard InChI is InChI=1S/C18H32N4O2/c1-4-5-12-24-13-6-9-20-15-16(14-19)18(23)22(3)17-7-10-21(2)11-8-17/h15,17,20H,4-13H2,1-3H3/b16-15-. The molecule has 0 bridgehead atoms. The first-order valence-electron chi connectivity index (χ1n) is 8.97. The molecule has 1 amide bonds. The summed E-state index contributed by atoms with van der Waals surface area (Å²) in [5.74, 6) is -0.196. The zero-order valence-electron chi connectivity index (χ0n) is 15.4. The number of piperidine rings is 1. The lowest BCUT2D eigenvalue weighted by Crippen LogP contribution is -2.45. The Morgan fingerprint density at radius 3 is 2.67 bits per heavy atom. The van der Waals surface area contributed by atoms with Crippen LogP contribution in [0.4, 0.5) is 0 Å². The van der Waals surface area contributed by atoms with Gasteiger partial charge in [0.05, 0.1) is 0 Å². The zero-order valence-corrected chi connectivity index (χ0v) is 15.4. The summed E-state index contributed by atoms with van der Waals surface area (Å²) >= 11 is 0. The van der Waals surface area contributed by atoms with Gasteiger partial charge in [0.2, 0.25) is 0 Å². The maximum atomic E-state index is 12.5. The summed E-state index contributed by atoms with van der Waals surface area (Å²) in [6.45, 7) is 6.32. The van der Waals surface area contributed by atoms with Gasteiger partial charge in [-0.05, 0) is 45.8 Å². The fraction of sp³-hybridized carbons (Fsp3) is 0.778. The third kappa shape index (κ3) is 7.33. The van der Waals surface area contributed by atoms with Crippen LogP contribution < -0.4 is 5.32 Å². The molecule has 1 aliphatic heterocycles. The van der Waals surface area contributed by atoms with E-state index in [0.29, 0.717) is 13.2 Å². The van der Waals surface area contributed by atoms with Gasteiger partial charge < -0.3 is 19.9 Å². The van der Waals surface area contributed by atoms with Gasteiger partial charge in [-0.15, -0.1) is 0 Å². The van der Waals surface area contributed by atoms with Crippen molar-refractivity contribution in [3.05, 3.63) is 11.8 Å². The summed E-state index contributed by atoms with van der Waals surface area (Å²) in [4.78, 5) is 16.4. The van der Waals surface area contributed by atoms with E-state index in [4.69, 9.17) is 4.74 Å². The molecule has 6 nitrogen and oxygen atoms in total. The van der Waals surface area contributed by atoms with E-state index >= 15 is 0 Å². The lowest BCUT2D eigenvalue weighted by molar-refractivity contribution is -0.128. The van der Waals surface area contributed by atoms with Crippen molar-refractivity contribution in [2.24, 2.45) is 0 Å². The van der Waals surface area contributed by atoms with E-state index in [-0.39, 0.29) is 17.5 Å². The summed E-state index contributed by atoms with van der Waals surface area (Å²) in [6.07, 6.45) is 6.54. The minimum Gasteiger partial charge on any atom is -0.390 e. The fourth-order valence-corrected chi connectivity index (χ4v) is 2.68. The molecule has 0 aromatic carbocycles.